The lowest BCUT2D eigenvalue weighted by Gasteiger charge is -2.17. The van der Waals surface area contributed by atoms with Crippen LogP contribution in [0.15, 0.2) is 0 Å². The van der Waals surface area contributed by atoms with E-state index < -0.39 is 17.0 Å². The second-order valence-electron chi connectivity index (χ2n) is 4.56. The zero-order valence-corrected chi connectivity index (χ0v) is 10.6. The first-order valence-corrected chi connectivity index (χ1v) is 5.95. The Labute approximate surface area is 101 Å². The van der Waals surface area contributed by atoms with E-state index in [9.17, 15) is 14.7 Å². The van der Waals surface area contributed by atoms with Crippen LogP contribution in [0.2, 0.25) is 0 Å². The highest BCUT2D eigenvalue weighted by Crippen LogP contribution is 2.59. The van der Waals surface area contributed by atoms with E-state index >= 15 is 0 Å². The van der Waals surface area contributed by atoms with Gasteiger partial charge in [-0.25, -0.2) is 0 Å². The smallest absolute Gasteiger partial charge is 0.315 e. The molecule has 0 saturated heterocycles. The first kappa shape index (κ1) is 14.0. The van der Waals surface area contributed by atoms with Gasteiger partial charge in [-0.05, 0) is 33.6 Å². The van der Waals surface area contributed by atoms with Crippen LogP contribution in [-0.2, 0) is 19.1 Å². The van der Waals surface area contributed by atoms with Gasteiger partial charge in [-0.15, -0.1) is 0 Å². The number of aliphatic hydroxyl groups is 1. The fraction of sp³-hybridized carbons (Fsp3) is 0.833. The molecule has 0 bridgehead atoms. The molecule has 1 aliphatic carbocycles. The molecule has 0 aromatic heterocycles. The Morgan fingerprint density at radius 2 is 1.76 bits per heavy atom. The quantitative estimate of drug-likeness (QED) is 0.706. The predicted molar refractivity (Wildman–Crippen MR) is 60.2 cm³/mol. The first-order chi connectivity index (χ1) is 7.89. The molecule has 1 N–H and O–H groups in total. The fourth-order valence-corrected chi connectivity index (χ4v) is 2.11. The maximum absolute atomic E-state index is 11.8. The van der Waals surface area contributed by atoms with Gasteiger partial charge in [0.05, 0.1) is 24.2 Å². The van der Waals surface area contributed by atoms with Crippen molar-refractivity contribution in [3.8, 4) is 0 Å². The van der Waals surface area contributed by atoms with Crippen LogP contribution in [0.3, 0.4) is 0 Å². The summed E-state index contributed by atoms with van der Waals surface area (Å²) in [5.41, 5.74) is -1.98. The summed E-state index contributed by atoms with van der Waals surface area (Å²) in [5, 5.41) is 9.93. The van der Waals surface area contributed by atoms with Gasteiger partial charge in [-0.2, -0.15) is 0 Å². The molecule has 1 fully saturated rings. The molecule has 5 nitrogen and oxygen atoms in total. The van der Waals surface area contributed by atoms with Crippen LogP contribution in [0.4, 0.5) is 0 Å². The van der Waals surface area contributed by atoms with Gasteiger partial charge in [-0.3, -0.25) is 9.59 Å². The molecular weight excluding hydrogens is 224 g/mol. The Bertz CT molecular complexity index is 310. The van der Waals surface area contributed by atoms with Gasteiger partial charge in [0.2, 0.25) is 0 Å². The molecule has 5 heteroatoms. The van der Waals surface area contributed by atoms with E-state index in [1.165, 1.54) is 0 Å². The maximum Gasteiger partial charge on any atom is 0.315 e. The standard InChI is InChI=1S/C12H20O5/c1-4-16-9(13)6-7-12(8-11(12,3)15)10(14)17-5-2/h15H,4-8H2,1-3H3. The molecular formula is C12H20O5. The molecule has 1 rings (SSSR count). The normalized spacial score (nSPS) is 30.8. The summed E-state index contributed by atoms with van der Waals surface area (Å²) in [6.07, 6.45) is 0.749. The molecule has 17 heavy (non-hydrogen) atoms. The minimum atomic E-state index is -1.06. The monoisotopic (exact) mass is 244 g/mol. The van der Waals surface area contributed by atoms with Gasteiger partial charge >= 0.3 is 11.9 Å². The number of esters is 2. The van der Waals surface area contributed by atoms with E-state index in [1.54, 1.807) is 20.8 Å². The lowest BCUT2D eigenvalue weighted by Crippen LogP contribution is -2.29. The zero-order valence-electron chi connectivity index (χ0n) is 10.6. The SMILES string of the molecule is CCOC(=O)CCC1(C(=O)OCC)CC1(C)O. The minimum absolute atomic E-state index is 0.128. The number of rotatable bonds is 6. The fourth-order valence-electron chi connectivity index (χ4n) is 2.11. The van der Waals surface area contributed by atoms with E-state index in [2.05, 4.69) is 0 Å². The van der Waals surface area contributed by atoms with Crippen LogP contribution in [-0.4, -0.2) is 35.9 Å². The Morgan fingerprint density at radius 1 is 1.24 bits per heavy atom. The molecule has 0 aliphatic heterocycles. The van der Waals surface area contributed by atoms with Crippen molar-refractivity contribution in [1.82, 2.24) is 0 Å². The van der Waals surface area contributed by atoms with Crippen molar-refractivity contribution in [2.75, 3.05) is 13.2 Å². The van der Waals surface area contributed by atoms with Crippen molar-refractivity contribution in [3.05, 3.63) is 0 Å². The van der Waals surface area contributed by atoms with Gasteiger partial charge < -0.3 is 14.6 Å². The van der Waals surface area contributed by atoms with Crippen molar-refractivity contribution in [2.45, 2.75) is 45.6 Å². The second-order valence-corrected chi connectivity index (χ2v) is 4.56. The van der Waals surface area contributed by atoms with E-state index in [0.717, 1.165) is 0 Å². The first-order valence-electron chi connectivity index (χ1n) is 5.95. The summed E-state index contributed by atoms with van der Waals surface area (Å²) in [6.45, 7) is 5.63. The molecule has 0 aromatic rings. The van der Waals surface area contributed by atoms with Crippen LogP contribution in [0.25, 0.3) is 0 Å². The summed E-state index contributed by atoms with van der Waals surface area (Å²) in [5.74, 6) is -0.770. The highest BCUT2D eigenvalue weighted by molar-refractivity contribution is 5.83. The average Bonchev–Trinajstić information content (AvgIpc) is 2.80. The molecule has 2 atom stereocenters. The van der Waals surface area contributed by atoms with Crippen molar-refractivity contribution in [3.63, 3.8) is 0 Å². The van der Waals surface area contributed by atoms with E-state index in [-0.39, 0.29) is 25.4 Å². The second kappa shape index (κ2) is 5.04. The van der Waals surface area contributed by atoms with Crippen LogP contribution in [0, 0.1) is 5.41 Å². The van der Waals surface area contributed by atoms with E-state index in [4.69, 9.17) is 9.47 Å². The van der Waals surface area contributed by atoms with Crippen molar-refractivity contribution < 1.29 is 24.2 Å². The topological polar surface area (TPSA) is 72.8 Å². The lowest BCUT2D eigenvalue weighted by molar-refractivity contribution is -0.154. The van der Waals surface area contributed by atoms with Crippen molar-refractivity contribution in [2.24, 2.45) is 5.41 Å². The molecule has 0 aromatic carbocycles. The molecule has 98 valence electrons. The molecule has 0 radical (unpaired) electrons. The summed E-state index contributed by atoms with van der Waals surface area (Å²) in [7, 11) is 0. The average molecular weight is 244 g/mol. The number of hydrogen-bond acceptors (Lipinski definition) is 5. The number of carbonyl (C=O) groups excluding carboxylic acids is 2. The summed E-state index contributed by atoms with van der Waals surface area (Å²) < 4.78 is 9.75. The van der Waals surface area contributed by atoms with Crippen LogP contribution < -0.4 is 0 Å². The number of ether oxygens (including phenoxy) is 2. The number of hydrogen-bond donors (Lipinski definition) is 1. The molecule has 0 heterocycles. The van der Waals surface area contributed by atoms with E-state index in [1.807, 2.05) is 0 Å². The van der Waals surface area contributed by atoms with Gasteiger partial charge in [0.25, 0.3) is 0 Å². The third kappa shape index (κ3) is 2.77. The summed E-state index contributed by atoms with van der Waals surface area (Å²) >= 11 is 0. The van der Waals surface area contributed by atoms with Gasteiger partial charge in [0, 0.05) is 6.42 Å². The van der Waals surface area contributed by atoms with E-state index in [0.29, 0.717) is 13.0 Å². The maximum atomic E-state index is 11.8. The largest absolute Gasteiger partial charge is 0.466 e. The Hall–Kier alpha value is -1.10. The lowest BCUT2D eigenvalue weighted by atomic mass is 9.96. The van der Waals surface area contributed by atoms with Gasteiger partial charge in [0.1, 0.15) is 0 Å². The van der Waals surface area contributed by atoms with Gasteiger partial charge in [-0.1, -0.05) is 0 Å². The summed E-state index contributed by atoms with van der Waals surface area (Å²) in [4.78, 5) is 23.0. The predicted octanol–water partition coefficient (Wildman–Crippen LogP) is 1.03. The van der Waals surface area contributed by atoms with Crippen LogP contribution in [0.1, 0.15) is 40.0 Å². The third-order valence-electron chi connectivity index (χ3n) is 3.28. The molecule has 1 saturated carbocycles. The zero-order chi connectivity index (χ0) is 13.1. The number of carbonyl (C=O) groups is 2. The van der Waals surface area contributed by atoms with Gasteiger partial charge in [0.15, 0.2) is 0 Å². The highest BCUT2D eigenvalue weighted by Gasteiger charge is 2.69. The van der Waals surface area contributed by atoms with Crippen molar-refractivity contribution >= 4 is 11.9 Å². The van der Waals surface area contributed by atoms with Crippen LogP contribution >= 0.6 is 0 Å². The Balaban J connectivity index is 2.57. The summed E-state index contributed by atoms with van der Waals surface area (Å²) in [6, 6.07) is 0. The Kier molecular flexibility index (Phi) is 4.14. The minimum Gasteiger partial charge on any atom is -0.466 e. The molecule has 1 aliphatic rings. The van der Waals surface area contributed by atoms with Crippen molar-refractivity contribution in [1.29, 1.82) is 0 Å². The molecule has 0 spiro atoms. The molecule has 0 amide bonds. The highest BCUT2D eigenvalue weighted by atomic mass is 16.5. The van der Waals surface area contributed by atoms with Crippen LogP contribution in [0.5, 0.6) is 0 Å². The molecule has 2 unspecified atom stereocenters. The third-order valence-corrected chi connectivity index (χ3v) is 3.28. The Morgan fingerprint density at radius 3 is 2.18 bits per heavy atom.